The Morgan fingerprint density at radius 2 is 1.18 bits per heavy atom. The molecule has 0 radical (unpaired) electrons. The normalized spacial score (nSPS) is 11.5. The van der Waals surface area contributed by atoms with Crippen LogP contribution in [0.3, 0.4) is 0 Å². The molecule has 0 unspecified atom stereocenters. The predicted molar refractivity (Wildman–Crippen MR) is 55.4 cm³/mol. The minimum absolute atomic E-state index is 0.408. The van der Waals surface area contributed by atoms with Gasteiger partial charge in [-0.1, -0.05) is 0 Å². The van der Waals surface area contributed by atoms with E-state index in [0.717, 1.165) is 13.2 Å². The molecule has 11 heavy (non-hydrogen) atoms. The van der Waals surface area contributed by atoms with Crippen molar-refractivity contribution in [3.63, 3.8) is 0 Å². The molecule has 3 heteroatoms. The van der Waals surface area contributed by atoms with Gasteiger partial charge >= 0.3 is 80.5 Å². The predicted octanol–water partition coefficient (Wildman–Crippen LogP) is 2.51. The molecule has 0 aliphatic carbocycles. The van der Waals surface area contributed by atoms with Gasteiger partial charge in [0.2, 0.25) is 0 Å². The van der Waals surface area contributed by atoms with Gasteiger partial charge < -0.3 is 0 Å². The van der Waals surface area contributed by atoms with Crippen molar-refractivity contribution in [2.75, 3.05) is 13.2 Å². The van der Waals surface area contributed by atoms with Crippen molar-refractivity contribution in [3.8, 4) is 0 Å². The Labute approximate surface area is 80.4 Å². The third kappa shape index (κ3) is 11.1. The van der Waals surface area contributed by atoms with E-state index in [-0.39, 0.29) is 0 Å². The average molecular weight is 282 g/mol. The summed E-state index contributed by atoms with van der Waals surface area (Å²) in [6.45, 7) is 2.05. The fraction of sp³-hybridized carbons (Fsp3) is 1.00. The second kappa shape index (κ2) is 7.71. The van der Waals surface area contributed by atoms with Crippen LogP contribution in [0.1, 0.15) is 0 Å². The molecule has 68 valence electrons. The van der Waals surface area contributed by atoms with Gasteiger partial charge in [-0.05, 0) is 0 Å². The van der Waals surface area contributed by atoms with E-state index in [1.165, 1.54) is 10.4 Å². The molecule has 0 bridgehead atoms. The van der Waals surface area contributed by atoms with E-state index in [4.69, 9.17) is 4.74 Å². The summed E-state index contributed by atoms with van der Waals surface area (Å²) < 4.78 is 5.53. The Morgan fingerprint density at radius 3 is 1.45 bits per heavy atom. The zero-order valence-corrected chi connectivity index (χ0v) is 11.9. The molecular weight excluding hydrogens is 262 g/mol. The second-order valence-electron chi connectivity index (χ2n) is 3.22. The van der Waals surface area contributed by atoms with Crippen LogP contribution in [-0.4, -0.2) is 42.5 Å². The van der Waals surface area contributed by atoms with Crippen LogP contribution < -0.4 is 0 Å². The summed E-state index contributed by atoms with van der Waals surface area (Å²) in [7, 11) is 0. The van der Waals surface area contributed by atoms with Gasteiger partial charge in [-0.3, -0.25) is 0 Å². The molecule has 0 aliphatic heterocycles. The number of rotatable bonds is 6. The Balaban J connectivity index is 2.91. The molecule has 0 heterocycles. The average Bonchev–Trinajstić information content (AvgIpc) is 1.85. The standard InChI is InChI=1S/C8H20As2O/c1-9(2)5-7-11-8-6-10(3)4/h5-8H2,1-4H3. The van der Waals surface area contributed by atoms with Crippen molar-refractivity contribution in [2.45, 2.75) is 33.3 Å². The van der Waals surface area contributed by atoms with E-state index in [1.54, 1.807) is 0 Å². The summed E-state index contributed by atoms with van der Waals surface area (Å²) in [6.07, 6.45) is 0. The van der Waals surface area contributed by atoms with E-state index < -0.39 is 29.3 Å². The van der Waals surface area contributed by atoms with Crippen LogP contribution >= 0.6 is 0 Å². The van der Waals surface area contributed by atoms with E-state index in [9.17, 15) is 0 Å². The van der Waals surface area contributed by atoms with Gasteiger partial charge in [0, 0.05) is 0 Å². The molecule has 0 saturated carbocycles. The van der Waals surface area contributed by atoms with Crippen LogP contribution in [-0.2, 0) is 4.74 Å². The zero-order valence-electron chi connectivity index (χ0n) is 8.13. The SMILES string of the molecule is C[As](C)CCOCC[As](C)C. The van der Waals surface area contributed by atoms with Crippen LogP contribution in [0.25, 0.3) is 0 Å². The van der Waals surface area contributed by atoms with Crippen molar-refractivity contribution in [1.82, 2.24) is 0 Å². The summed E-state index contributed by atoms with van der Waals surface area (Å²) >= 11 is -0.815. The Morgan fingerprint density at radius 1 is 0.818 bits per heavy atom. The van der Waals surface area contributed by atoms with Crippen molar-refractivity contribution in [2.24, 2.45) is 0 Å². The Kier molecular flexibility index (Phi) is 8.47. The quantitative estimate of drug-likeness (QED) is 0.537. The van der Waals surface area contributed by atoms with Crippen LogP contribution in [0.15, 0.2) is 0 Å². The first-order chi connectivity index (χ1) is 5.13. The summed E-state index contributed by atoms with van der Waals surface area (Å²) in [6, 6.07) is 0. The summed E-state index contributed by atoms with van der Waals surface area (Å²) in [5, 5.41) is 2.71. The summed E-state index contributed by atoms with van der Waals surface area (Å²) in [5.74, 6) is 0. The van der Waals surface area contributed by atoms with Gasteiger partial charge in [0.15, 0.2) is 0 Å². The fourth-order valence-corrected chi connectivity index (χ4v) is 2.67. The fourth-order valence-electron chi connectivity index (χ4n) is 0.596. The zero-order chi connectivity index (χ0) is 8.69. The summed E-state index contributed by atoms with van der Waals surface area (Å²) in [4.78, 5) is 0. The maximum absolute atomic E-state index is 5.53. The van der Waals surface area contributed by atoms with Gasteiger partial charge in [-0.15, -0.1) is 0 Å². The number of hydrogen-bond donors (Lipinski definition) is 0. The molecule has 1 nitrogen and oxygen atoms in total. The second-order valence-corrected chi connectivity index (χ2v) is 14.2. The van der Waals surface area contributed by atoms with Gasteiger partial charge in [-0.25, -0.2) is 0 Å². The molecule has 0 N–H and O–H groups in total. The number of ether oxygens (including phenoxy) is 1. The third-order valence-corrected chi connectivity index (χ3v) is 5.88. The first-order valence-corrected chi connectivity index (χ1v) is 14.2. The monoisotopic (exact) mass is 282 g/mol. The van der Waals surface area contributed by atoms with Crippen LogP contribution in [0, 0.1) is 0 Å². The summed E-state index contributed by atoms with van der Waals surface area (Å²) in [5.41, 5.74) is 9.53. The van der Waals surface area contributed by atoms with Gasteiger partial charge in [-0.2, -0.15) is 0 Å². The molecule has 0 aromatic rings. The first kappa shape index (κ1) is 12.1. The molecule has 0 atom stereocenters. The van der Waals surface area contributed by atoms with Crippen molar-refractivity contribution >= 4 is 29.3 Å². The molecular formula is C8H20As2O. The molecule has 0 amide bonds. The Bertz CT molecular complexity index is 74.2. The van der Waals surface area contributed by atoms with E-state index in [0.29, 0.717) is 0 Å². The molecule has 0 spiro atoms. The molecule has 0 aliphatic rings. The molecule has 0 fully saturated rings. The van der Waals surface area contributed by atoms with Crippen molar-refractivity contribution in [1.29, 1.82) is 0 Å². The molecule has 0 aromatic heterocycles. The number of hydrogen-bond acceptors (Lipinski definition) is 1. The molecule has 0 aromatic carbocycles. The van der Waals surface area contributed by atoms with E-state index in [1.807, 2.05) is 0 Å². The minimum atomic E-state index is -0.408. The van der Waals surface area contributed by atoms with Crippen LogP contribution in [0.4, 0.5) is 0 Å². The van der Waals surface area contributed by atoms with Gasteiger partial charge in [0.1, 0.15) is 0 Å². The Hall–Kier alpha value is 1.08. The van der Waals surface area contributed by atoms with Gasteiger partial charge in [0.05, 0.1) is 0 Å². The van der Waals surface area contributed by atoms with Crippen LogP contribution in [0.5, 0.6) is 0 Å². The third-order valence-electron chi connectivity index (χ3n) is 1.37. The first-order valence-electron chi connectivity index (χ1n) is 4.00. The van der Waals surface area contributed by atoms with Crippen LogP contribution in [0.2, 0.25) is 33.3 Å². The maximum atomic E-state index is 5.53. The van der Waals surface area contributed by atoms with E-state index >= 15 is 0 Å². The van der Waals surface area contributed by atoms with Crippen molar-refractivity contribution < 1.29 is 4.74 Å². The van der Waals surface area contributed by atoms with Gasteiger partial charge in [0.25, 0.3) is 0 Å². The van der Waals surface area contributed by atoms with E-state index in [2.05, 4.69) is 22.8 Å². The van der Waals surface area contributed by atoms with Crippen molar-refractivity contribution in [3.05, 3.63) is 0 Å². The topological polar surface area (TPSA) is 9.23 Å². The molecule has 0 rings (SSSR count). The molecule has 0 saturated heterocycles.